The van der Waals surface area contributed by atoms with E-state index in [0.717, 1.165) is 12.1 Å². The number of rotatable bonds is 6. The van der Waals surface area contributed by atoms with Crippen LogP contribution >= 0.6 is 0 Å². The Hall–Kier alpha value is -1.65. The molecule has 17 heavy (non-hydrogen) atoms. The first kappa shape index (κ1) is 13.4. The molecule has 94 valence electrons. The van der Waals surface area contributed by atoms with Gasteiger partial charge >= 0.3 is 5.97 Å². The van der Waals surface area contributed by atoms with E-state index in [9.17, 15) is 4.79 Å². The van der Waals surface area contributed by atoms with Crippen molar-refractivity contribution >= 4 is 11.8 Å². The summed E-state index contributed by atoms with van der Waals surface area (Å²) in [5.41, 5.74) is 0.973. The van der Waals surface area contributed by atoms with Crippen molar-refractivity contribution in [2.75, 3.05) is 18.5 Å². The molecule has 1 aromatic heterocycles. The zero-order valence-electron chi connectivity index (χ0n) is 10.6. The highest BCUT2D eigenvalue weighted by Crippen LogP contribution is 2.08. The van der Waals surface area contributed by atoms with Crippen molar-refractivity contribution in [3.05, 3.63) is 18.1 Å². The number of carbonyl (C=O) groups excluding carboxylic acids is 1. The van der Waals surface area contributed by atoms with Gasteiger partial charge in [-0.15, -0.1) is 0 Å². The summed E-state index contributed by atoms with van der Waals surface area (Å²) in [7, 11) is 0. The van der Waals surface area contributed by atoms with E-state index < -0.39 is 0 Å². The van der Waals surface area contributed by atoms with E-state index in [4.69, 9.17) is 4.74 Å². The lowest BCUT2D eigenvalue weighted by Crippen LogP contribution is -2.17. The monoisotopic (exact) mass is 237 g/mol. The predicted molar refractivity (Wildman–Crippen MR) is 65.7 cm³/mol. The lowest BCUT2D eigenvalue weighted by Gasteiger charge is -2.07. The molecule has 1 rings (SSSR count). The number of anilines is 1. The topological polar surface area (TPSA) is 64.1 Å². The Kier molecular flexibility index (Phi) is 5.39. The van der Waals surface area contributed by atoms with E-state index >= 15 is 0 Å². The minimum atomic E-state index is -0.281. The molecule has 0 amide bonds. The molecule has 0 spiro atoms. The highest BCUT2D eigenvalue weighted by molar-refractivity contribution is 5.74. The van der Waals surface area contributed by atoms with Gasteiger partial charge < -0.3 is 10.1 Å². The van der Waals surface area contributed by atoms with Crippen molar-refractivity contribution in [1.82, 2.24) is 9.97 Å². The van der Waals surface area contributed by atoms with Crippen LogP contribution in [0, 0.1) is 5.92 Å². The van der Waals surface area contributed by atoms with Crippen molar-refractivity contribution in [3.8, 4) is 0 Å². The van der Waals surface area contributed by atoms with Crippen LogP contribution in [0.25, 0.3) is 0 Å². The lowest BCUT2D eigenvalue weighted by atomic mass is 10.1. The second-order valence-electron chi connectivity index (χ2n) is 4.15. The number of esters is 1. The van der Waals surface area contributed by atoms with E-state index in [1.54, 1.807) is 6.92 Å². The van der Waals surface area contributed by atoms with E-state index in [-0.39, 0.29) is 12.5 Å². The van der Waals surface area contributed by atoms with Crippen molar-refractivity contribution < 1.29 is 9.53 Å². The number of nitrogens with one attached hydrogen (secondary N) is 1. The fourth-order valence-electron chi connectivity index (χ4n) is 1.40. The average Bonchev–Trinajstić information content (AvgIpc) is 2.26. The van der Waals surface area contributed by atoms with Crippen LogP contribution in [0.5, 0.6) is 0 Å². The highest BCUT2D eigenvalue weighted by Gasteiger charge is 2.04. The fourth-order valence-corrected chi connectivity index (χ4v) is 1.40. The largest absolute Gasteiger partial charge is 0.465 e. The maximum absolute atomic E-state index is 11.2. The van der Waals surface area contributed by atoms with Crippen molar-refractivity contribution in [1.29, 1.82) is 0 Å². The molecule has 0 bridgehead atoms. The summed E-state index contributed by atoms with van der Waals surface area (Å²) in [4.78, 5) is 19.4. The van der Waals surface area contributed by atoms with E-state index in [1.165, 1.54) is 6.33 Å². The van der Waals surface area contributed by atoms with Gasteiger partial charge in [-0.1, -0.05) is 13.8 Å². The number of hydrogen-bond donors (Lipinski definition) is 1. The molecule has 0 atom stereocenters. The van der Waals surface area contributed by atoms with Gasteiger partial charge in [-0.25, -0.2) is 9.97 Å². The van der Waals surface area contributed by atoms with Gasteiger partial charge in [-0.05, 0) is 19.3 Å². The van der Waals surface area contributed by atoms with Crippen molar-refractivity contribution in [2.45, 2.75) is 27.2 Å². The van der Waals surface area contributed by atoms with Gasteiger partial charge in [0.05, 0.1) is 6.61 Å². The first-order chi connectivity index (χ1) is 8.11. The highest BCUT2D eigenvalue weighted by atomic mass is 16.5. The molecule has 0 unspecified atom stereocenters. The Morgan fingerprint density at radius 3 is 2.88 bits per heavy atom. The van der Waals surface area contributed by atoms with E-state index in [0.29, 0.717) is 18.3 Å². The second kappa shape index (κ2) is 6.83. The summed E-state index contributed by atoms with van der Waals surface area (Å²) in [5.74, 6) is 0.919. The summed E-state index contributed by atoms with van der Waals surface area (Å²) in [6.07, 6.45) is 2.40. The summed E-state index contributed by atoms with van der Waals surface area (Å²) < 4.78 is 4.81. The first-order valence-corrected chi connectivity index (χ1v) is 5.82. The molecule has 5 heteroatoms. The molecule has 1 heterocycles. The quantitative estimate of drug-likeness (QED) is 0.762. The molecule has 0 aromatic carbocycles. The molecule has 0 radical (unpaired) electrons. The number of nitrogens with zero attached hydrogens (tertiary/aromatic N) is 2. The molecule has 0 aliphatic carbocycles. The molecule has 0 fully saturated rings. The van der Waals surface area contributed by atoms with Gasteiger partial charge in [-0.3, -0.25) is 4.79 Å². The Morgan fingerprint density at radius 2 is 2.24 bits per heavy atom. The van der Waals surface area contributed by atoms with Gasteiger partial charge in [0, 0.05) is 11.8 Å². The number of aromatic nitrogens is 2. The van der Waals surface area contributed by atoms with Crippen LogP contribution < -0.4 is 5.32 Å². The zero-order chi connectivity index (χ0) is 12.7. The van der Waals surface area contributed by atoms with Crippen LogP contribution in [0.1, 0.15) is 26.5 Å². The molecule has 0 aliphatic heterocycles. The zero-order valence-corrected chi connectivity index (χ0v) is 10.6. The average molecular weight is 237 g/mol. The minimum Gasteiger partial charge on any atom is -0.465 e. The molecule has 0 saturated carbocycles. The molecule has 1 N–H and O–H groups in total. The number of hydrogen-bond acceptors (Lipinski definition) is 5. The maximum atomic E-state index is 11.2. The predicted octanol–water partition coefficient (Wildman–Crippen LogP) is 1.65. The van der Waals surface area contributed by atoms with Crippen LogP contribution in [-0.2, 0) is 16.0 Å². The Balaban J connectivity index is 2.51. The lowest BCUT2D eigenvalue weighted by molar-refractivity contribution is -0.140. The Bertz CT molecular complexity index is 367. The third-order valence-electron chi connectivity index (χ3n) is 2.06. The Morgan fingerprint density at radius 1 is 1.47 bits per heavy atom. The maximum Gasteiger partial charge on any atom is 0.325 e. The van der Waals surface area contributed by atoms with Gasteiger partial charge in [0.25, 0.3) is 0 Å². The van der Waals surface area contributed by atoms with Crippen LogP contribution in [0.2, 0.25) is 0 Å². The van der Waals surface area contributed by atoms with Gasteiger partial charge in [-0.2, -0.15) is 0 Å². The van der Waals surface area contributed by atoms with Crippen LogP contribution in [-0.4, -0.2) is 29.1 Å². The van der Waals surface area contributed by atoms with Crippen LogP contribution in [0.3, 0.4) is 0 Å². The second-order valence-corrected chi connectivity index (χ2v) is 4.15. The van der Waals surface area contributed by atoms with E-state index in [1.807, 2.05) is 6.07 Å². The third kappa shape index (κ3) is 5.29. The first-order valence-electron chi connectivity index (χ1n) is 5.82. The summed E-state index contributed by atoms with van der Waals surface area (Å²) >= 11 is 0. The van der Waals surface area contributed by atoms with Crippen molar-refractivity contribution in [3.63, 3.8) is 0 Å². The van der Waals surface area contributed by atoms with Crippen LogP contribution in [0.15, 0.2) is 12.4 Å². The minimum absolute atomic E-state index is 0.131. The van der Waals surface area contributed by atoms with Crippen molar-refractivity contribution in [2.24, 2.45) is 5.92 Å². The molecule has 1 aromatic rings. The van der Waals surface area contributed by atoms with E-state index in [2.05, 4.69) is 29.1 Å². The SMILES string of the molecule is CCOC(=O)CNc1cc(CC(C)C)ncn1. The van der Waals surface area contributed by atoms with Gasteiger partial charge in [0.1, 0.15) is 18.7 Å². The Labute approximate surface area is 102 Å². The normalized spacial score (nSPS) is 10.4. The summed E-state index contributed by atoms with van der Waals surface area (Å²) in [5, 5.41) is 2.92. The number of ether oxygens (including phenoxy) is 1. The number of carbonyl (C=O) groups is 1. The van der Waals surface area contributed by atoms with Gasteiger partial charge in [0.2, 0.25) is 0 Å². The summed E-state index contributed by atoms with van der Waals surface area (Å²) in [6.45, 7) is 6.57. The summed E-state index contributed by atoms with van der Waals surface area (Å²) in [6, 6.07) is 1.86. The molecular weight excluding hydrogens is 218 g/mol. The molecular formula is C12H19N3O2. The third-order valence-corrected chi connectivity index (χ3v) is 2.06. The fraction of sp³-hybridized carbons (Fsp3) is 0.583. The molecule has 0 aliphatic rings. The molecule has 0 saturated heterocycles. The van der Waals surface area contributed by atoms with Crippen LogP contribution in [0.4, 0.5) is 5.82 Å². The smallest absolute Gasteiger partial charge is 0.325 e. The standard InChI is InChI=1S/C12H19N3O2/c1-4-17-12(16)7-13-11-6-10(5-9(2)3)14-8-15-11/h6,8-9H,4-5,7H2,1-3H3,(H,13,14,15). The molecule has 5 nitrogen and oxygen atoms in total. The van der Waals surface area contributed by atoms with Gasteiger partial charge in [0.15, 0.2) is 0 Å².